The van der Waals surface area contributed by atoms with Crippen LogP contribution in [0.15, 0.2) is 36.4 Å². The highest BCUT2D eigenvalue weighted by Gasteiger charge is 2.27. The van der Waals surface area contributed by atoms with Gasteiger partial charge in [0.1, 0.15) is 23.7 Å². The molecule has 2 aromatic heterocycles. The number of carboxylic acid groups (broad SMARTS) is 1. The number of carboxylic acids is 1. The van der Waals surface area contributed by atoms with E-state index in [-0.39, 0.29) is 23.8 Å². The molecule has 41 heavy (non-hydrogen) atoms. The van der Waals surface area contributed by atoms with Gasteiger partial charge < -0.3 is 23.9 Å². The number of halogens is 2. The van der Waals surface area contributed by atoms with Crippen molar-refractivity contribution in [3.63, 3.8) is 0 Å². The zero-order valence-electron chi connectivity index (χ0n) is 22.8. The predicted octanol–water partition coefficient (Wildman–Crippen LogP) is 5.17. The maximum atomic E-state index is 15.4. The van der Waals surface area contributed by atoms with Gasteiger partial charge in [-0.3, -0.25) is 4.90 Å². The topological polar surface area (TPSA) is 98.9 Å². The van der Waals surface area contributed by atoms with Gasteiger partial charge in [-0.2, -0.15) is 0 Å². The second-order valence-corrected chi connectivity index (χ2v) is 10.9. The summed E-state index contributed by atoms with van der Waals surface area (Å²) in [6, 6.07) is 10.4. The summed E-state index contributed by atoms with van der Waals surface area (Å²) in [4.78, 5) is 23.4. The fraction of sp³-hybridized carbons (Fsp3) is 0.367. The van der Waals surface area contributed by atoms with Crippen molar-refractivity contribution in [1.29, 1.82) is 0 Å². The SMILES string of the molecule is COc1cc(Cl)ccc1COc1nc2c(cc1C)CCN(Cc1nc3ccc(C(=O)O)c(F)c3n1C[C@@H]1CCO1)C2. The molecule has 0 radical (unpaired) electrons. The lowest BCUT2D eigenvalue weighted by Gasteiger charge is -2.30. The molecule has 1 fully saturated rings. The van der Waals surface area contributed by atoms with Crippen molar-refractivity contribution < 1.29 is 28.5 Å². The van der Waals surface area contributed by atoms with Crippen molar-refractivity contribution in [3.8, 4) is 11.6 Å². The van der Waals surface area contributed by atoms with Gasteiger partial charge in [-0.25, -0.2) is 19.2 Å². The molecule has 0 spiro atoms. The molecule has 1 saturated heterocycles. The largest absolute Gasteiger partial charge is 0.496 e. The maximum absolute atomic E-state index is 15.4. The van der Waals surface area contributed by atoms with E-state index < -0.39 is 11.8 Å². The van der Waals surface area contributed by atoms with Gasteiger partial charge in [0.25, 0.3) is 0 Å². The Labute approximate surface area is 241 Å². The van der Waals surface area contributed by atoms with Crippen LogP contribution in [0.4, 0.5) is 4.39 Å². The minimum absolute atomic E-state index is 0.0512. The smallest absolute Gasteiger partial charge is 0.338 e. The molecule has 0 bridgehead atoms. The molecule has 6 rings (SSSR count). The van der Waals surface area contributed by atoms with Gasteiger partial charge in [0.15, 0.2) is 5.82 Å². The zero-order chi connectivity index (χ0) is 28.7. The average Bonchev–Trinajstić information content (AvgIpc) is 3.27. The van der Waals surface area contributed by atoms with E-state index in [4.69, 9.17) is 35.8 Å². The quantitative estimate of drug-likeness (QED) is 0.290. The van der Waals surface area contributed by atoms with Crippen LogP contribution < -0.4 is 9.47 Å². The molecule has 1 N–H and O–H groups in total. The van der Waals surface area contributed by atoms with Gasteiger partial charge >= 0.3 is 5.97 Å². The van der Waals surface area contributed by atoms with Gasteiger partial charge in [0.05, 0.1) is 43.1 Å². The van der Waals surface area contributed by atoms with Crippen LogP contribution in [0.3, 0.4) is 0 Å². The van der Waals surface area contributed by atoms with Gasteiger partial charge in [-0.1, -0.05) is 17.7 Å². The third-order valence-electron chi connectivity index (χ3n) is 7.72. The number of carbonyl (C=O) groups is 1. The number of pyridine rings is 1. The van der Waals surface area contributed by atoms with Crippen molar-refractivity contribution in [2.24, 2.45) is 0 Å². The Morgan fingerprint density at radius 2 is 2.07 bits per heavy atom. The number of nitrogens with zero attached hydrogens (tertiary/aromatic N) is 4. The number of imidazole rings is 1. The van der Waals surface area contributed by atoms with Gasteiger partial charge in [-0.05, 0) is 55.7 Å². The number of ether oxygens (including phenoxy) is 3. The summed E-state index contributed by atoms with van der Waals surface area (Å²) < 4.78 is 34.3. The summed E-state index contributed by atoms with van der Waals surface area (Å²) in [5.41, 5.74) is 4.18. The summed E-state index contributed by atoms with van der Waals surface area (Å²) in [7, 11) is 1.60. The Kier molecular flexibility index (Phi) is 7.54. The molecule has 2 aliphatic rings. The molecule has 2 aromatic carbocycles. The number of aryl methyl sites for hydroxylation is 1. The number of aromatic carboxylic acids is 1. The molecular formula is C30H30ClFN4O5. The summed E-state index contributed by atoms with van der Waals surface area (Å²) >= 11 is 6.09. The van der Waals surface area contributed by atoms with Crippen molar-refractivity contribution in [2.75, 3.05) is 20.3 Å². The van der Waals surface area contributed by atoms with E-state index in [1.54, 1.807) is 29.9 Å². The minimum Gasteiger partial charge on any atom is -0.496 e. The predicted molar refractivity (Wildman–Crippen MR) is 150 cm³/mol. The molecular weight excluding hydrogens is 551 g/mol. The average molecular weight is 581 g/mol. The summed E-state index contributed by atoms with van der Waals surface area (Å²) in [5, 5.41) is 10.1. The molecule has 0 unspecified atom stereocenters. The molecule has 1 atom stereocenters. The Balaban J connectivity index is 1.24. The fourth-order valence-electron chi connectivity index (χ4n) is 5.42. The Morgan fingerprint density at radius 1 is 1.24 bits per heavy atom. The fourth-order valence-corrected chi connectivity index (χ4v) is 5.58. The van der Waals surface area contributed by atoms with Crippen LogP contribution in [0.25, 0.3) is 11.0 Å². The highest BCUT2D eigenvalue weighted by molar-refractivity contribution is 6.30. The van der Waals surface area contributed by atoms with E-state index >= 15 is 4.39 Å². The standard InChI is InChI=1S/C30H30ClFN4O5/c1-17-11-18-7-9-35(14-24(18)34-29(17)41-16-19-3-4-20(31)12-25(19)39-2)15-26-33-23-6-5-22(30(37)38)27(32)28(23)36(26)13-21-8-10-40-21/h3-6,11-12,21H,7-10,13-16H2,1-2H3,(H,37,38)/t21-/m0/s1. The van der Waals surface area contributed by atoms with Crippen LogP contribution in [0.5, 0.6) is 11.6 Å². The second-order valence-electron chi connectivity index (χ2n) is 10.4. The first-order valence-corrected chi connectivity index (χ1v) is 13.9. The van der Waals surface area contributed by atoms with E-state index in [1.807, 2.05) is 13.0 Å². The van der Waals surface area contributed by atoms with Crippen LogP contribution in [-0.2, 0) is 37.4 Å². The number of hydrogen-bond acceptors (Lipinski definition) is 7. The van der Waals surface area contributed by atoms with E-state index in [0.717, 1.165) is 36.2 Å². The molecule has 0 aliphatic carbocycles. The van der Waals surface area contributed by atoms with Crippen molar-refractivity contribution in [1.82, 2.24) is 19.4 Å². The Bertz CT molecular complexity index is 1640. The van der Waals surface area contributed by atoms with Crippen LogP contribution in [0.1, 0.15) is 45.0 Å². The first-order chi connectivity index (χ1) is 19.8. The van der Waals surface area contributed by atoms with Crippen LogP contribution in [-0.4, -0.2) is 56.9 Å². The van der Waals surface area contributed by atoms with Crippen LogP contribution in [0, 0.1) is 12.7 Å². The van der Waals surface area contributed by atoms with E-state index in [9.17, 15) is 9.90 Å². The van der Waals surface area contributed by atoms with Gasteiger partial charge in [0.2, 0.25) is 5.88 Å². The lowest BCUT2D eigenvalue weighted by Crippen LogP contribution is -2.34. The number of methoxy groups -OCH3 is 1. The lowest BCUT2D eigenvalue weighted by molar-refractivity contribution is -0.0592. The van der Waals surface area contributed by atoms with Crippen molar-refractivity contribution in [3.05, 3.63) is 81.0 Å². The molecule has 4 aromatic rings. The molecule has 0 amide bonds. The molecule has 0 saturated carbocycles. The number of rotatable bonds is 9. The maximum Gasteiger partial charge on any atom is 0.338 e. The van der Waals surface area contributed by atoms with E-state index in [1.165, 1.54) is 11.6 Å². The highest BCUT2D eigenvalue weighted by atomic mass is 35.5. The zero-order valence-corrected chi connectivity index (χ0v) is 23.6. The minimum atomic E-state index is -1.31. The van der Waals surface area contributed by atoms with Gasteiger partial charge in [0, 0.05) is 35.8 Å². The summed E-state index contributed by atoms with van der Waals surface area (Å²) in [6.07, 6.45) is 1.62. The highest BCUT2D eigenvalue weighted by Crippen LogP contribution is 2.30. The van der Waals surface area contributed by atoms with Crippen molar-refractivity contribution in [2.45, 2.75) is 52.1 Å². The normalized spacial score (nSPS) is 16.8. The van der Waals surface area contributed by atoms with E-state index in [2.05, 4.69) is 11.0 Å². The third kappa shape index (κ3) is 5.47. The van der Waals surface area contributed by atoms with Crippen molar-refractivity contribution >= 4 is 28.6 Å². The summed E-state index contributed by atoms with van der Waals surface area (Å²) in [5.74, 6) is -0.200. The lowest BCUT2D eigenvalue weighted by atomic mass is 10.0. The van der Waals surface area contributed by atoms with Gasteiger partial charge in [-0.15, -0.1) is 0 Å². The molecule has 9 nitrogen and oxygen atoms in total. The monoisotopic (exact) mass is 580 g/mol. The molecule has 2 aliphatic heterocycles. The van der Waals surface area contributed by atoms with Crippen LogP contribution in [0.2, 0.25) is 5.02 Å². The Morgan fingerprint density at radius 3 is 2.80 bits per heavy atom. The Hall–Kier alpha value is -3.73. The molecule has 214 valence electrons. The molecule has 11 heteroatoms. The second kappa shape index (κ2) is 11.3. The number of aromatic nitrogens is 3. The first kappa shape index (κ1) is 27.4. The summed E-state index contributed by atoms with van der Waals surface area (Å²) in [6.45, 7) is 5.16. The van der Waals surface area contributed by atoms with Crippen LogP contribution >= 0.6 is 11.6 Å². The molecule has 4 heterocycles. The number of hydrogen-bond donors (Lipinski definition) is 1. The third-order valence-corrected chi connectivity index (χ3v) is 7.96. The number of fused-ring (bicyclic) bond motifs is 2. The van der Waals surface area contributed by atoms with E-state index in [0.29, 0.717) is 54.2 Å². The number of benzene rings is 2. The first-order valence-electron chi connectivity index (χ1n) is 13.5.